The molecule has 0 radical (unpaired) electrons. The first-order chi connectivity index (χ1) is 6.61. The molecule has 0 saturated heterocycles. The Morgan fingerprint density at radius 2 is 2.43 bits per heavy atom. The SMILES string of the molecule is CC(=O)ONc1cccnc1[N+](=O)[O-]. The van der Waals surface area contributed by atoms with Crippen LogP contribution in [0.4, 0.5) is 11.5 Å². The summed E-state index contributed by atoms with van der Waals surface area (Å²) in [7, 11) is 0. The fourth-order valence-electron chi connectivity index (χ4n) is 0.749. The lowest BCUT2D eigenvalue weighted by molar-refractivity contribution is -0.388. The van der Waals surface area contributed by atoms with E-state index >= 15 is 0 Å². The van der Waals surface area contributed by atoms with Crippen LogP contribution in [0.25, 0.3) is 0 Å². The van der Waals surface area contributed by atoms with Crippen LogP contribution in [0.1, 0.15) is 6.92 Å². The molecule has 1 heterocycles. The van der Waals surface area contributed by atoms with Crippen molar-refractivity contribution in [2.45, 2.75) is 6.92 Å². The molecule has 1 aromatic heterocycles. The molecule has 74 valence electrons. The summed E-state index contributed by atoms with van der Waals surface area (Å²) in [6, 6.07) is 2.87. The molecule has 0 aliphatic heterocycles. The average Bonchev–Trinajstić information content (AvgIpc) is 2.15. The highest BCUT2D eigenvalue weighted by Gasteiger charge is 2.14. The lowest BCUT2D eigenvalue weighted by Crippen LogP contribution is -2.08. The molecule has 7 nitrogen and oxygen atoms in total. The van der Waals surface area contributed by atoms with Crippen molar-refractivity contribution in [1.82, 2.24) is 4.98 Å². The number of hydrogen-bond acceptors (Lipinski definition) is 6. The van der Waals surface area contributed by atoms with Gasteiger partial charge in [-0.05, 0) is 22.0 Å². The Labute approximate surface area is 78.8 Å². The van der Waals surface area contributed by atoms with Gasteiger partial charge in [0.15, 0.2) is 5.69 Å². The van der Waals surface area contributed by atoms with E-state index in [1.807, 2.05) is 0 Å². The van der Waals surface area contributed by atoms with Crippen molar-refractivity contribution in [3.63, 3.8) is 0 Å². The van der Waals surface area contributed by atoms with Gasteiger partial charge in [0.2, 0.25) is 0 Å². The topological polar surface area (TPSA) is 94.4 Å². The van der Waals surface area contributed by atoms with Gasteiger partial charge >= 0.3 is 11.8 Å². The predicted octanol–water partition coefficient (Wildman–Crippen LogP) is 0.880. The molecular weight excluding hydrogens is 190 g/mol. The lowest BCUT2D eigenvalue weighted by atomic mass is 10.4. The molecule has 0 bridgehead atoms. The highest BCUT2D eigenvalue weighted by atomic mass is 16.7. The van der Waals surface area contributed by atoms with E-state index < -0.39 is 16.7 Å². The molecular formula is C7H7N3O4. The first-order valence-electron chi connectivity index (χ1n) is 3.64. The van der Waals surface area contributed by atoms with Crippen LogP contribution < -0.4 is 5.48 Å². The molecule has 0 amide bonds. The van der Waals surface area contributed by atoms with Crippen LogP contribution in [0.15, 0.2) is 18.3 Å². The van der Waals surface area contributed by atoms with E-state index in [0.29, 0.717) is 0 Å². The first-order valence-corrected chi connectivity index (χ1v) is 3.64. The van der Waals surface area contributed by atoms with Crippen LogP contribution in [0.3, 0.4) is 0 Å². The molecule has 1 rings (SSSR count). The van der Waals surface area contributed by atoms with Gasteiger partial charge in [0.1, 0.15) is 6.20 Å². The standard InChI is InChI=1S/C7H7N3O4/c1-5(11)14-9-6-3-2-4-8-7(6)10(12)13/h2-4,9H,1H3. The molecule has 0 spiro atoms. The van der Waals surface area contributed by atoms with Crippen molar-refractivity contribution in [3.05, 3.63) is 28.4 Å². The number of carbonyl (C=O) groups excluding carboxylic acids is 1. The van der Waals surface area contributed by atoms with E-state index in [2.05, 4.69) is 15.3 Å². The minimum atomic E-state index is -0.675. The molecule has 7 heteroatoms. The fourth-order valence-corrected chi connectivity index (χ4v) is 0.749. The van der Waals surface area contributed by atoms with Crippen molar-refractivity contribution >= 4 is 17.5 Å². The summed E-state index contributed by atoms with van der Waals surface area (Å²) in [5, 5.41) is 10.4. The minimum Gasteiger partial charge on any atom is -0.358 e. The van der Waals surface area contributed by atoms with Crippen LogP contribution in [-0.2, 0) is 9.63 Å². The molecule has 0 unspecified atom stereocenters. The molecule has 0 aromatic carbocycles. The maximum absolute atomic E-state index is 10.4. The van der Waals surface area contributed by atoms with Gasteiger partial charge < -0.3 is 15.0 Å². The van der Waals surface area contributed by atoms with E-state index in [9.17, 15) is 14.9 Å². The van der Waals surface area contributed by atoms with Crippen LogP contribution in [0.2, 0.25) is 0 Å². The third-order valence-electron chi connectivity index (χ3n) is 1.26. The zero-order valence-corrected chi connectivity index (χ0v) is 7.26. The Hall–Kier alpha value is -2.18. The highest BCUT2D eigenvalue weighted by Crippen LogP contribution is 2.19. The Morgan fingerprint density at radius 3 is 3.00 bits per heavy atom. The van der Waals surface area contributed by atoms with E-state index in [1.165, 1.54) is 25.3 Å². The van der Waals surface area contributed by atoms with Crippen molar-refractivity contribution in [2.24, 2.45) is 0 Å². The summed E-state index contributed by atoms with van der Waals surface area (Å²) in [6.07, 6.45) is 1.27. The van der Waals surface area contributed by atoms with Crippen LogP contribution in [0.5, 0.6) is 0 Å². The largest absolute Gasteiger partial charge is 0.390 e. The van der Waals surface area contributed by atoms with Crippen molar-refractivity contribution in [3.8, 4) is 0 Å². The van der Waals surface area contributed by atoms with Gasteiger partial charge in [0, 0.05) is 6.92 Å². The second kappa shape index (κ2) is 4.17. The normalized spacial score (nSPS) is 9.21. The highest BCUT2D eigenvalue weighted by molar-refractivity contribution is 5.68. The number of nitrogens with one attached hydrogen (secondary N) is 1. The predicted molar refractivity (Wildman–Crippen MR) is 46.3 cm³/mol. The van der Waals surface area contributed by atoms with Gasteiger partial charge in [-0.2, -0.15) is 0 Å². The van der Waals surface area contributed by atoms with Gasteiger partial charge in [0.25, 0.3) is 0 Å². The summed E-state index contributed by atoms with van der Waals surface area (Å²) in [5.74, 6) is -0.989. The number of rotatable bonds is 3. The monoisotopic (exact) mass is 197 g/mol. The molecule has 0 aliphatic rings. The summed E-state index contributed by atoms with van der Waals surface area (Å²) in [6.45, 7) is 1.18. The smallest absolute Gasteiger partial charge is 0.358 e. The van der Waals surface area contributed by atoms with Crippen molar-refractivity contribution < 1.29 is 14.6 Å². The fraction of sp³-hybridized carbons (Fsp3) is 0.143. The van der Waals surface area contributed by atoms with Gasteiger partial charge in [-0.15, -0.1) is 0 Å². The summed E-state index contributed by atoms with van der Waals surface area (Å²) in [5.41, 5.74) is 2.18. The van der Waals surface area contributed by atoms with Crippen LogP contribution in [0, 0.1) is 10.1 Å². The number of nitro groups is 1. The maximum Gasteiger partial charge on any atom is 0.390 e. The zero-order valence-electron chi connectivity index (χ0n) is 7.26. The second-order valence-corrected chi connectivity index (χ2v) is 2.33. The van der Waals surface area contributed by atoms with Gasteiger partial charge in [-0.3, -0.25) is 4.79 Å². The van der Waals surface area contributed by atoms with Gasteiger partial charge in [0.05, 0.1) is 0 Å². The summed E-state index contributed by atoms with van der Waals surface area (Å²) in [4.78, 5) is 28.1. The number of pyridine rings is 1. The third-order valence-corrected chi connectivity index (χ3v) is 1.26. The minimum absolute atomic E-state index is 0.0349. The van der Waals surface area contributed by atoms with E-state index in [4.69, 9.17) is 0 Å². The summed E-state index contributed by atoms with van der Waals surface area (Å²) < 4.78 is 0. The number of hydrogen-bond donors (Lipinski definition) is 1. The number of anilines is 1. The average molecular weight is 197 g/mol. The molecule has 0 saturated carbocycles. The van der Waals surface area contributed by atoms with Crippen LogP contribution >= 0.6 is 0 Å². The number of nitrogens with zero attached hydrogens (tertiary/aromatic N) is 2. The van der Waals surface area contributed by atoms with E-state index in [0.717, 1.165) is 0 Å². The molecule has 1 aromatic rings. The molecule has 0 aliphatic carbocycles. The molecule has 14 heavy (non-hydrogen) atoms. The van der Waals surface area contributed by atoms with Crippen molar-refractivity contribution in [1.29, 1.82) is 0 Å². The molecule has 0 atom stereocenters. The maximum atomic E-state index is 10.4. The Bertz CT molecular complexity index is 366. The van der Waals surface area contributed by atoms with Gasteiger partial charge in [-0.25, -0.2) is 5.48 Å². The quantitative estimate of drug-likeness (QED) is 0.570. The van der Waals surface area contributed by atoms with Crippen molar-refractivity contribution in [2.75, 3.05) is 5.48 Å². The lowest BCUT2D eigenvalue weighted by Gasteiger charge is -2.03. The summed E-state index contributed by atoms with van der Waals surface area (Å²) >= 11 is 0. The van der Waals surface area contributed by atoms with Crippen LogP contribution in [-0.4, -0.2) is 15.9 Å². The van der Waals surface area contributed by atoms with Gasteiger partial charge in [-0.1, -0.05) is 0 Å². The number of aromatic nitrogens is 1. The third kappa shape index (κ3) is 2.41. The number of carbonyl (C=O) groups is 1. The Kier molecular flexibility index (Phi) is 2.95. The Balaban J connectivity index is 2.84. The molecule has 0 fully saturated rings. The van der Waals surface area contributed by atoms with E-state index in [1.54, 1.807) is 0 Å². The Morgan fingerprint density at radius 1 is 1.71 bits per heavy atom. The first kappa shape index (κ1) is 9.90. The second-order valence-electron chi connectivity index (χ2n) is 2.33. The zero-order chi connectivity index (χ0) is 10.6. The molecule has 1 N–H and O–H groups in total. The van der Waals surface area contributed by atoms with E-state index in [-0.39, 0.29) is 5.69 Å².